The van der Waals surface area contributed by atoms with Gasteiger partial charge in [0.05, 0.1) is 5.56 Å². The molecule has 2 aliphatic rings. The first kappa shape index (κ1) is 17.5. The molecule has 0 saturated heterocycles. The maximum absolute atomic E-state index is 11.0. The van der Waals surface area contributed by atoms with Crippen LogP contribution in [0.5, 0.6) is 0 Å². The lowest BCUT2D eigenvalue weighted by Crippen LogP contribution is -2.37. The van der Waals surface area contributed by atoms with Gasteiger partial charge in [-0.15, -0.1) is 0 Å². The largest absolute Gasteiger partial charge is 0.478 e. The fraction of sp³-hybridized carbons (Fsp3) is 0.579. The first-order valence-electron chi connectivity index (χ1n) is 8.14. The summed E-state index contributed by atoms with van der Waals surface area (Å²) in [6, 6.07) is 8.30. The van der Waals surface area contributed by atoms with Crippen molar-refractivity contribution in [1.82, 2.24) is 0 Å². The zero-order valence-electron chi connectivity index (χ0n) is 14.3. The molecule has 3 rings (SSSR count). The van der Waals surface area contributed by atoms with Crippen molar-refractivity contribution in [2.75, 3.05) is 0 Å². The second-order valence-electron chi connectivity index (χ2n) is 7.38. The van der Waals surface area contributed by atoms with Crippen molar-refractivity contribution in [3.05, 3.63) is 35.9 Å². The van der Waals surface area contributed by atoms with Gasteiger partial charge in [0, 0.05) is 12.3 Å². The second-order valence-corrected chi connectivity index (χ2v) is 7.38. The Morgan fingerprint density at radius 3 is 2.13 bits per heavy atom. The van der Waals surface area contributed by atoms with Crippen LogP contribution in [0.1, 0.15) is 57.3 Å². The van der Waals surface area contributed by atoms with Gasteiger partial charge in [-0.2, -0.15) is 0 Å². The average Bonchev–Trinajstić information content (AvgIpc) is 2.81. The number of carboxylic acid groups (broad SMARTS) is 1. The van der Waals surface area contributed by atoms with Crippen molar-refractivity contribution in [2.45, 2.75) is 53.1 Å². The molecular formula is C19H26O4. The predicted molar refractivity (Wildman–Crippen MR) is 88.2 cm³/mol. The first-order chi connectivity index (χ1) is 10.7. The normalized spacial score (nSPS) is 30.3. The van der Waals surface area contributed by atoms with Crippen LogP contribution >= 0.6 is 0 Å². The van der Waals surface area contributed by atoms with Gasteiger partial charge in [0.2, 0.25) is 0 Å². The summed E-state index contributed by atoms with van der Waals surface area (Å²) in [7, 11) is 0. The number of carboxylic acids is 1. The zero-order valence-corrected chi connectivity index (χ0v) is 14.3. The van der Waals surface area contributed by atoms with Gasteiger partial charge in [-0.25, -0.2) is 4.79 Å². The molecule has 23 heavy (non-hydrogen) atoms. The minimum Gasteiger partial charge on any atom is -0.478 e. The number of benzene rings is 1. The van der Waals surface area contributed by atoms with E-state index in [4.69, 9.17) is 9.84 Å². The van der Waals surface area contributed by atoms with Crippen LogP contribution < -0.4 is 0 Å². The highest BCUT2D eigenvalue weighted by molar-refractivity contribution is 5.87. The molecule has 0 spiro atoms. The summed E-state index contributed by atoms with van der Waals surface area (Å²) in [6.07, 6.45) is 3.75. The van der Waals surface area contributed by atoms with Gasteiger partial charge < -0.3 is 9.84 Å². The van der Waals surface area contributed by atoms with E-state index < -0.39 is 5.97 Å². The predicted octanol–water partition coefficient (Wildman–Crippen LogP) is 4.15. The molecule has 1 aromatic rings. The molecule has 0 amide bonds. The van der Waals surface area contributed by atoms with Crippen LogP contribution in [0.25, 0.3) is 0 Å². The Balaban J connectivity index is 0.000000185. The van der Waals surface area contributed by atoms with E-state index in [1.165, 1.54) is 19.8 Å². The van der Waals surface area contributed by atoms with Gasteiger partial charge >= 0.3 is 11.9 Å². The maximum atomic E-state index is 11.0. The molecule has 0 aliphatic heterocycles. The third kappa shape index (κ3) is 3.26. The number of ether oxygens (including phenoxy) is 1. The number of rotatable bonds is 2. The minimum atomic E-state index is -0.879. The molecule has 126 valence electrons. The Morgan fingerprint density at radius 2 is 1.78 bits per heavy atom. The molecular weight excluding hydrogens is 292 g/mol. The van der Waals surface area contributed by atoms with E-state index in [2.05, 4.69) is 20.8 Å². The lowest BCUT2D eigenvalue weighted by atomic mass is 9.70. The Labute approximate surface area is 137 Å². The van der Waals surface area contributed by atoms with Crippen LogP contribution in [0.3, 0.4) is 0 Å². The Kier molecular flexibility index (Phi) is 4.83. The molecule has 1 N–H and O–H groups in total. The number of esters is 1. The summed E-state index contributed by atoms with van der Waals surface area (Å²) in [5, 5.41) is 8.38. The highest BCUT2D eigenvalue weighted by Gasteiger charge is 2.62. The molecule has 0 aromatic heterocycles. The molecule has 2 saturated carbocycles. The SMILES string of the molecule is CC(=O)OC1CC2CCC1(C)C2(C)C.O=C(O)c1ccccc1. The fourth-order valence-electron chi connectivity index (χ4n) is 4.09. The van der Waals surface area contributed by atoms with E-state index in [1.807, 2.05) is 0 Å². The zero-order chi connectivity index (χ0) is 17.3. The van der Waals surface area contributed by atoms with Crippen molar-refractivity contribution in [3.8, 4) is 0 Å². The molecule has 0 heterocycles. The molecule has 2 aliphatic carbocycles. The molecule has 2 bridgehead atoms. The second kappa shape index (κ2) is 6.34. The Morgan fingerprint density at radius 1 is 1.17 bits per heavy atom. The number of carbonyl (C=O) groups excluding carboxylic acids is 1. The van der Waals surface area contributed by atoms with E-state index >= 15 is 0 Å². The molecule has 3 unspecified atom stereocenters. The van der Waals surface area contributed by atoms with E-state index in [0.29, 0.717) is 11.0 Å². The van der Waals surface area contributed by atoms with Gasteiger partial charge in [0.1, 0.15) is 6.10 Å². The molecule has 1 aromatic carbocycles. The van der Waals surface area contributed by atoms with E-state index in [-0.39, 0.29) is 17.5 Å². The standard InChI is InChI=1S/C12H20O2.C7H6O2/c1-8(13)14-10-7-9-5-6-12(10,4)11(9,2)3;8-7(9)6-4-2-1-3-5-6/h9-10H,5-7H2,1-4H3;1-5H,(H,8,9). The van der Waals surface area contributed by atoms with Crippen LogP contribution in [-0.4, -0.2) is 23.1 Å². The lowest BCUT2D eigenvalue weighted by Gasteiger charge is -2.38. The van der Waals surface area contributed by atoms with Gasteiger partial charge in [-0.1, -0.05) is 39.0 Å². The highest BCUT2D eigenvalue weighted by Crippen LogP contribution is 2.66. The van der Waals surface area contributed by atoms with Crippen LogP contribution in [0.4, 0.5) is 0 Å². The fourth-order valence-corrected chi connectivity index (χ4v) is 4.09. The summed E-state index contributed by atoms with van der Waals surface area (Å²) in [5.74, 6) is -0.257. The van der Waals surface area contributed by atoms with Crippen molar-refractivity contribution in [1.29, 1.82) is 0 Å². The molecule has 3 atom stereocenters. The van der Waals surface area contributed by atoms with E-state index in [1.54, 1.807) is 30.3 Å². The Bertz CT molecular complexity index is 578. The summed E-state index contributed by atoms with van der Waals surface area (Å²) in [4.78, 5) is 21.2. The van der Waals surface area contributed by atoms with Gasteiger partial charge in [-0.05, 0) is 42.7 Å². The molecule has 2 fully saturated rings. The highest BCUT2D eigenvalue weighted by atomic mass is 16.5. The Hall–Kier alpha value is -1.84. The van der Waals surface area contributed by atoms with Crippen LogP contribution in [0.2, 0.25) is 0 Å². The summed E-state index contributed by atoms with van der Waals surface area (Å²) in [6.45, 7) is 8.46. The minimum absolute atomic E-state index is 0.125. The number of aromatic carboxylic acids is 1. The summed E-state index contributed by atoms with van der Waals surface area (Å²) in [5.41, 5.74) is 0.883. The van der Waals surface area contributed by atoms with Crippen molar-refractivity contribution in [2.24, 2.45) is 16.7 Å². The number of carbonyl (C=O) groups is 2. The van der Waals surface area contributed by atoms with Crippen molar-refractivity contribution < 1.29 is 19.4 Å². The van der Waals surface area contributed by atoms with Gasteiger partial charge in [-0.3, -0.25) is 4.79 Å². The maximum Gasteiger partial charge on any atom is 0.335 e. The van der Waals surface area contributed by atoms with Crippen LogP contribution in [0.15, 0.2) is 30.3 Å². The molecule has 0 radical (unpaired) electrons. The van der Waals surface area contributed by atoms with Crippen LogP contribution in [-0.2, 0) is 9.53 Å². The first-order valence-corrected chi connectivity index (χ1v) is 8.14. The lowest BCUT2D eigenvalue weighted by molar-refractivity contribution is -0.154. The number of hydrogen-bond donors (Lipinski definition) is 1. The van der Waals surface area contributed by atoms with E-state index in [9.17, 15) is 9.59 Å². The number of fused-ring (bicyclic) bond motifs is 2. The molecule has 4 heteroatoms. The third-order valence-corrected chi connectivity index (χ3v) is 6.04. The smallest absolute Gasteiger partial charge is 0.335 e. The number of hydrogen-bond acceptors (Lipinski definition) is 3. The third-order valence-electron chi connectivity index (χ3n) is 6.04. The van der Waals surface area contributed by atoms with Crippen molar-refractivity contribution >= 4 is 11.9 Å². The molecule has 4 nitrogen and oxygen atoms in total. The topological polar surface area (TPSA) is 63.6 Å². The summed E-state index contributed by atoms with van der Waals surface area (Å²) >= 11 is 0. The average molecular weight is 318 g/mol. The summed E-state index contributed by atoms with van der Waals surface area (Å²) < 4.78 is 5.44. The van der Waals surface area contributed by atoms with Crippen LogP contribution in [0, 0.1) is 16.7 Å². The van der Waals surface area contributed by atoms with E-state index in [0.717, 1.165) is 12.3 Å². The van der Waals surface area contributed by atoms with Gasteiger partial charge in [0.15, 0.2) is 0 Å². The van der Waals surface area contributed by atoms with Crippen molar-refractivity contribution in [3.63, 3.8) is 0 Å². The monoisotopic (exact) mass is 318 g/mol. The van der Waals surface area contributed by atoms with Gasteiger partial charge in [0.25, 0.3) is 0 Å². The quantitative estimate of drug-likeness (QED) is 0.832.